The first-order valence-electron chi connectivity index (χ1n) is 6.99. The van der Waals surface area contributed by atoms with Crippen LogP contribution in [0.5, 0.6) is 0 Å². The maximum Gasteiger partial charge on any atom is 0.328 e. The molecule has 1 aromatic rings. The first-order valence-corrected chi connectivity index (χ1v) is 7.87. The van der Waals surface area contributed by atoms with Gasteiger partial charge in [-0.2, -0.15) is 0 Å². The highest BCUT2D eigenvalue weighted by atomic mass is 32.1. The van der Waals surface area contributed by atoms with Gasteiger partial charge in [0, 0.05) is 30.6 Å². The van der Waals surface area contributed by atoms with E-state index in [1.807, 2.05) is 5.38 Å². The van der Waals surface area contributed by atoms with E-state index in [0.29, 0.717) is 6.10 Å². The Morgan fingerprint density at radius 1 is 1.65 bits per heavy atom. The van der Waals surface area contributed by atoms with Crippen LogP contribution in [-0.4, -0.2) is 41.8 Å². The van der Waals surface area contributed by atoms with Gasteiger partial charge in [0.15, 0.2) is 0 Å². The van der Waals surface area contributed by atoms with Crippen LogP contribution in [0.25, 0.3) is 6.08 Å². The number of carboxylic acid groups (broad SMARTS) is 1. The molecule has 0 spiro atoms. The number of nitrogens with zero attached hydrogens (tertiary/aromatic N) is 1. The summed E-state index contributed by atoms with van der Waals surface area (Å²) in [6.07, 6.45) is 5.52. The number of ether oxygens (including phenoxy) is 1. The molecule has 4 nitrogen and oxygen atoms in total. The lowest BCUT2D eigenvalue weighted by Crippen LogP contribution is -2.31. The molecule has 20 heavy (non-hydrogen) atoms. The van der Waals surface area contributed by atoms with Gasteiger partial charge in [0.05, 0.1) is 6.10 Å². The number of thiophene rings is 1. The Bertz CT molecular complexity index is 463. The molecule has 1 fully saturated rings. The standard InChI is InChI=1S/C15H21NO3S/c1-2-16(9-13-4-3-7-19-13)10-14-8-12(11-20-14)5-6-15(17)18/h5-6,8,11,13H,2-4,7,9-10H2,1H3,(H,17,18). The fourth-order valence-corrected chi connectivity index (χ4v) is 3.23. The quantitative estimate of drug-likeness (QED) is 0.786. The molecule has 0 saturated carbocycles. The third-order valence-electron chi connectivity index (χ3n) is 3.40. The van der Waals surface area contributed by atoms with Crippen molar-refractivity contribution in [1.29, 1.82) is 0 Å². The predicted octanol–water partition coefficient (Wildman–Crippen LogP) is 2.85. The van der Waals surface area contributed by atoms with E-state index in [2.05, 4.69) is 17.9 Å². The summed E-state index contributed by atoms with van der Waals surface area (Å²) in [7, 11) is 0. The molecule has 1 aliphatic heterocycles. The van der Waals surface area contributed by atoms with E-state index >= 15 is 0 Å². The molecular formula is C15H21NO3S. The first-order chi connectivity index (χ1) is 9.67. The molecule has 0 amide bonds. The molecule has 1 aromatic heterocycles. The van der Waals surface area contributed by atoms with Crippen LogP contribution in [0.4, 0.5) is 0 Å². The molecule has 1 atom stereocenters. The summed E-state index contributed by atoms with van der Waals surface area (Å²) in [6, 6.07) is 2.06. The highest BCUT2D eigenvalue weighted by Crippen LogP contribution is 2.20. The van der Waals surface area contributed by atoms with Gasteiger partial charge in [-0.25, -0.2) is 4.79 Å². The summed E-state index contributed by atoms with van der Waals surface area (Å²) in [4.78, 5) is 14.1. The van der Waals surface area contributed by atoms with Crippen molar-refractivity contribution in [2.24, 2.45) is 0 Å². The first kappa shape index (κ1) is 15.2. The third-order valence-corrected chi connectivity index (χ3v) is 4.34. The van der Waals surface area contributed by atoms with Gasteiger partial charge in [-0.15, -0.1) is 11.3 Å². The molecule has 1 aliphatic rings. The number of carboxylic acids is 1. The third kappa shape index (κ3) is 4.74. The van der Waals surface area contributed by atoms with Crippen LogP contribution in [0.3, 0.4) is 0 Å². The Morgan fingerprint density at radius 3 is 3.15 bits per heavy atom. The zero-order valence-corrected chi connectivity index (χ0v) is 12.6. The van der Waals surface area contributed by atoms with E-state index < -0.39 is 5.97 Å². The van der Waals surface area contributed by atoms with E-state index in [1.54, 1.807) is 17.4 Å². The van der Waals surface area contributed by atoms with E-state index in [1.165, 1.54) is 17.4 Å². The fourth-order valence-electron chi connectivity index (χ4n) is 2.34. The SMILES string of the molecule is CCN(Cc1cc(C=CC(=O)O)cs1)CC1CCCO1. The molecule has 2 rings (SSSR count). The number of hydrogen-bond acceptors (Lipinski definition) is 4. The second-order valence-electron chi connectivity index (χ2n) is 4.98. The average molecular weight is 295 g/mol. The zero-order chi connectivity index (χ0) is 14.4. The molecular weight excluding hydrogens is 274 g/mol. The van der Waals surface area contributed by atoms with Crippen LogP contribution in [0.2, 0.25) is 0 Å². The number of carbonyl (C=O) groups is 1. The van der Waals surface area contributed by atoms with Gasteiger partial charge in [0.25, 0.3) is 0 Å². The van der Waals surface area contributed by atoms with E-state index in [-0.39, 0.29) is 0 Å². The number of rotatable bonds is 7. The molecule has 1 unspecified atom stereocenters. The predicted molar refractivity (Wildman–Crippen MR) is 80.9 cm³/mol. The van der Waals surface area contributed by atoms with Gasteiger partial charge in [0.2, 0.25) is 0 Å². The number of hydrogen-bond donors (Lipinski definition) is 1. The van der Waals surface area contributed by atoms with Crippen molar-refractivity contribution in [2.75, 3.05) is 19.7 Å². The minimum absolute atomic E-state index is 0.376. The van der Waals surface area contributed by atoms with Gasteiger partial charge < -0.3 is 9.84 Å². The van der Waals surface area contributed by atoms with E-state index in [9.17, 15) is 4.79 Å². The van der Waals surface area contributed by atoms with Crippen LogP contribution in [0.1, 0.15) is 30.2 Å². The lowest BCUT2D eigenvalue weighted by atomic mass is 10.2. The van der Waals surface area contributed by atoms with Crippen molar-refractivity contribution in [2.45, 2.75) is 32.4 Å². The molecule has 5 heteroatoms. The Morgan fingerprint density at radius 2 is 2.50 bits per heavy atom. The highest BCUT2D eigenvalue weighted by molar-refractivity contribution is 7.10. The Hall–Kier alpha value is -1.17. The molecule has 0 aliphatic carbocycles. The second kappa shape index (κ2) is 7.57. The van der Waals surface area contributed by atoms with Crippen LogP contribution in [0.15, 0.2) is 17.5 Å². The smallest absolute Gasteiger partial charge is 0.328 e. The topological polar surface area (TPSA) is 49.8 Å². The van der Waals surface area contributed by atoms with Crippen molar-refractivity contribution in [3.8, 4) is 0 Å². The minimum atomic E-state index is -0.911. The molecule has 1 N–H and O–H groups in total. The lowest BCUT2D eigenvalue weighted by Gasteiger charge is -2.22. The molecule has 110 valence electrons. The van der Waals surface area contributed by atoms with Crippen LogP contribution in [-0.2, 0) is 16.1 Å². The Balaban J connectivity index is 1.88. The summed E-state index contributed by atoms with van der Waals surface area (Å²) < 4.78 is 5.68. The largest absolute Gasteiger partial charge is 0.478 e. The summed E-state index contributed by atoms with van der Waals surface area (Å²) in [6.45, 7) is 5.94. The minimum Gasteiger partial charge on any atom is -0.478 e. The second-order valence-corrected chi connectivity index (χ2v) is 5.98. The van der Waals surface area contributed by atoms with Crippen molar-refractivity contribution >= 4 is 23.4 Å². The van der Waals surface area contributed by atoms with E-state index in [0.717, 1.165) is 38.2 Å². The number of aliphatic carboxylic acids is 1. The van der Waals surface area contributed by atoms with Crippen LogP contribution < -0.4 is 0 Å². The maximum absolute atomic E-state index is 10.5. The lowest BCUT2D eigenvalue weighted by molar-refractivity contribution is -0.131. The molecule has 0 aromatic carbocycles. The van der Waals surface area contributed by atoms with Gasteiger partial charge in [0.1, 0.15) is 0 Å². The molecule has 0 bridgehead atoms. The number of likely N-dealkylation sites (N-methyl/N-ethyl adjacent to an activating group) is 1. The maximum atomic E-state index is 10.5. The van der Waals surface area contributed by atoms with Gasteiger partial charge in [-0.1, -0.05) is 6.92 Å². The zero-order valence-electron chi connectivity index (χ0n) is 11.7. The Kier molecular flexibility index (Phi) is 5.76. The van der Waals surface area contributed by atoms with Crippen LogP contribution in [0, 0.1) is 0 Å². The summed E-state index contributed by atoms with van der Waals surface area (Å²) in [5, 5.41) is 10.6. The molecule has 0 radical (unpaired) electrons. The Labute approximate surface area is 123 Å². The summed E-state index contributed by atoms with van der Waals surface area (Å²) in [5.74, 6) is -0.911. The average Bonchev–Trinajstić information content (AvgIpc) is 3.07. The van der Waals surface area contributed by atoms with Gasteiger partial charge in [-0.05, 0) is 42.5 Å². The summed E-state index contributed by atoms with van der Waals surface area (Å²) in [5.41, 5.74) is 0.959. The van der Waals surface area contributed by atoms with E-state index in [4.69, 9.17) is 9.84 Å². The molecule has 2 heterocycles. The normalized spacial score (nSPS) is 19.2. The monoisotopic (exact) mass is 295 g/mol. The summed E-state index contributed by atoms with van der Waals surface area (Å²) >= 11 is 1.68. The van der Waals surface area contributed by atoms with Gasteiger partial charge in [-0.3, -0.25) is 4.90 Å². The van der Waals surface area contributed by atoms with Crippen molar-refractivity contribution < 1.29 is 14.6 Å². The van der Waals surface area contributed by atoms with Crippen molar-refractivity contribution in [3.05, 3.63) is 28.0 Å². The van der Waals surface area contributed by atoms with Crippen LogP contribution >= 0.6 is 11.3 Å². The highest BCUT2D eigenvalue weighted by Gasteiger charge is 2.18. The molecule has 1 saturated heterocycles. The van der Waals surface area contributed by atoms with Crippen molar-refractivity contribution in [1.82, 2.24) is 4.90 Å². The fraction of sp³-hybridized carbons (Fsp3) is 0.533. The van der Waals surface area contributed by atoms with Crippen molar-refractivity contribution in [3.63, 3.8) is 0 Å². The van der Waals surface area contributed by atoms with Gasteiger partial charge >= 0.3 is 5.97 Å².